The lowest BCUT2D eigenvalue weighted by molar-refractivity contribution is -0.140. The average molecular weight is 542 g/mol. The van der Waals surface area contributed by atoms with E-state index in [1.807, 2.05) is 11.0 Å². The molecule has 0 N–H and O–H groups in total. The van der Waals surface area contributed by atoms with Crippen molar-refractivity contribution in [2.24, 2.45) is 0 Å². The fraction of sp³-hybridized carbons (Fsp3) is 0.435. The second kappa shape index (κ2) is 11.3. The Bertz CT molecular complexity index is 1020. The number of alkyl halides is 4. The number of hydrogen-bond donors (Lipinski definition) is 0. The van der Waals surface area contributed by atoms with E-state index in [1.165, 1.54) is 6.07 Å². The zero-order valence-electron chi connectivity index (χ0n) is 18.2. The smallest absolute Gasteiger partial charge is 0.419 e. The lowest BCUT2D eigenvalue weighted by atomic mass is 9.93. The zero-order valence-corrected chi connectivity index (χ0v) is 20.5. The molecule has 2 aromatic rings. The van der Waals surface area contributed by atoms with E-state index in [2.05, 4.69) is 0 Å². The summed E-state index contributed by atoms with van der Waals surface area (Å²) in [6.07, 6.45) is -4.71. The Balaban J connectivity index is 1.82. The van der Waals surface area contributed by atoms with Gasteiger partial charge in [-0.2, -0.15) is 13.2 Å². The highest BCUT2D eigenvalue weighted by atomic mass is 35.5. The lowest BCUT2D eigenvalue weighted by Crippen LogP contribution is -2.38. The quantitative estimate of drug-likeness (QED) is 0.219. The molecule has 11 heteroatoms. The summed E-state index contributed by atoms with van der Waals surface area (Å²) >= 11 is 17.9. The number of carbonyl (C=O) groups excluding carboxylic acids is 1. The molecule has 3 rings (SSSR count). The van der Waals surface area contributed by atoms with Crippen molar-refractivity contribution in [3.63, 3.8) is 0 Å². The molecule has 0 saturated carbocycles. The van der Waals surface area contributed by atoms with Crippen LogP contribution in [0.15, 0.2) is 36.4 Å². The number of amides is 1. The van der Waals surface area contributed by atoms with Gasteiger partial charge >= 0.3 is 12.3 Å². The molecule has 1 heterocycles. The van der Waals surface area contributed by atoms with E-state index in [4.69, 9.17) is 39.5 Å². The number of likely N-dealkylation sites (N-methyl/N-ethyl adjacent to an activating group) is 1. The molecule has 2 atom stereocenters. The lowest BCUT2D eigenvalue weighted by Gasteiger charge is -2.29. The maximum Gasteiger partial charge on any atom is 0.419 e. The van der Waals surface area contributed by atoms with E-state index >= 15 is 0 Å². The van der Waals surface area contributed by atoms with Crippen molar-refractivity contribution in [3.8, 4) is 0 Å². The highest BCUT2D eigenvalue weighted by Crippen LogP contribution is 2.36. The van der Waals surface area contributed by atoms with Crippen molar-refractivity contribution in [1.82, 2.24) is 9.80 Å². The van der Waals surface area contributed by atoms with E-state index in [0.29, 0.717) is 41.0 Å². The Morgan fingerprint density at radius 2 is 1.88 bits per heavy atom. The maximum atomic E-state index is 14.1. The molecule has 0 aromatic heterocycles. The third-order valence-electron chi connectivity index (χ3n) is 5.76. The first-order chi connectivity index (χ1) is 16.0. The van der Waals surface area contributed by atoms with Crippen LogP contribution in [0.3, 0.4) is 0 Å². The van der Waals surface area contributed by atoms with E-state index in [-0.39, 0.29) is 25.1 Å². The predicted molar refractivity (Wildman–Crippen MR) is 124 cm³/mol. The molecule has 186 valence electrons. The molecule has 1 fully saturated rings. The highest BCUT2D eigenvalue weighted by molar-refractivity contribution is 6.42. The van der Waals surface area contributed by atoms with E-state index in [1.54, 1.807) is 24.1 Å². The van der Waals surface area contributed by atoms with Crippen molar-refractivity contribution in [2.75, 3.05) is 32.6 Å². The first kappa shape index (κ1) is 26.9. The SMILES string of the molecule is CN(Cc1ccc(C(F)(F)F)c(F)c1)C1CN(C(=O)OCCCCl)C[C@@H]1c1ccc(Cl)c(Cl)c1. The van der Waals surface area contributed by atoms with Gasteiger partial charge in [-0.3, -0.25) is 4.90 Å². The summed E-state index contributed by atoms with van der Waals surface area (Å²) in [6.45, 7) is 1.02. The van der Waals surface area contributed by atoms with Gasteiger partial charge in [-0.15, -0.1) is 11.6 Å². The standard InChI is InChI=1S/C23H23Cl3F4N2O2/c1-31(11-14-3-5-17(20(27)9-14)23(28,29)30)21-13-32(22(33)34-8-2-7-24)12-16(21)15-4-6-18(25)19(26)10-15/h3-6,9-10,16,21H,2,7-8,11-13H2,1H3/t16-,21?/m1/s1. The van der Waals surface area contributed by atoms with Crippen LogP contribution in [0.25, 0.3) is 0 Å². The number of hydrogen-bond acceptors (Lipinski definition) is 3. The number of halogens is 7. The molecule has 1 unspecified atom stereocenters. The predicted octanol–water partition coefficient (Wildman–Crippen LogP) is 6.82. The number of carbonyl (C=O) groups is 1. The number of nitrogens with zero attached hydrogens (tertiary/aromatic N) is 2. The fourth-order valence-corrected chi connectivity index (χ4v) is 4.47. The maximum absolute atomic E-state index is 14.1. The Labute approximate surface area is 210 Å². The molecular formula is C23H23Cl3F4N2O2. The minimum absolute atomic E-state index is 0.173. The first-order valence-corrected chi connectivity index (χ1v) is 11.8. The molecule has 0 spiro atoms. The zero-order chi connectivity index (χ0) is 25.0. The second-order valence-electron chi connectivity index (χ2n) is 8.14. The van der Waals surface area contributed by atoms with Crippen LogP contribution in [0.2, 0.25) is 10.0 Å². The van der Waals surface area contributed by atoms with Crippen LogP contribution in [0, 0.1) is 5.82 Å². The minimum Gasteiger partial charge on any atom is -0.449 e. The molecule has 1 amide bonds. The van der Waals surface area contributed by atoms with Gasteiger partial charge in [-0.25, -0.2) is 9.18 Å². The first-order valence-electron chi connectivity index (χ1n) is 10.5. The summed E-state index contributed by atoms with van der Waals surface area (Å²) in [6, 6.07) is 7.87. The van der Waals surface area contributed by atoms with Crippen LogP contribution < -0.4 is 0 Å². The van der Waals surface area contributed by atoms with Gasteiger partial charge in [0.15, 0.2) is 0 Å². The van der Waals surface area contributed by atoms with Crippen LogP contribution in [0.4, 0.5) is 22.4 Å². The molecule has 1 aliphatic rings. The van der Waals surface area contributed by atoms with E-state index in [0.717, 1.165) is 17.7 Å². The summed E-state index contributed by atoms with van der Waals surface area (Å²) in [4.78, 5) is 16.0. The summed E-state index contributed by atoms with van der Waals surface area (Å²) in [5.74, 6) is -1.14. The molecule has 4 nitrogen and oxygen atoms in total. The van der Waals surface area contributed by atoms with Gasteiger partial charge in [0, 0.05) is 37.5 Å². The topological polar surface area (TPSA) is 32.8 Å². The van der Waals surface area contributed by atoms with Gasteiger partial charge in [0.05, 0.1) is 22.2 Å². The normalized spacial score (nSPS) is 18.6. The van der Waals surface area contributed by atoms with Gasteiger partial charge in [-0.1, -0.05) is 35.3 Å². The van der Waals surface area contributed by atoms with E-state index in [9.17, 15) is 22.4 Å². The Kier molecular flexibility index (Phi) is 8.95. The summed E-state index contributed by atoms with van der Waals surface area (Å²) in [5, 5.41) is 0.763. The van der Waals surface area contributed by atoms with Gasteiger partial charge in [0.1, 0.15) is 5.82 Å². The molecule has 34 heavy (non-hydrogen) atoms. The van der Waals surface area contributed by atoms with Crippen LogP contribution in [0.5, 0.6) is 0 Å². The molecule has 0 aliphatic carbocycles. The Morgan fingerprint density at radius 3 is 2.50 bits per heavy atom. The summed E-state index contributed by atoms with van der Waals surface area (Å²) in [5.41, 5.74) is -0.0794. The van der Waals surface area contributed by atoms with Gasteiger partial charge < -0.3 is 9.64 Å². The van der Waals surface area contributed by atoms with Crippen LogP contribution >= 0.6 is 34.8 Å². The third-order valence-corrected chi connectivity index (χ3v) is 6.77. The summed E-state index contributed by atoms with van der Waals surface area (Å²) < 4.78 is 58.0. The molecular weight excluding hydrogens is 519 g/mol. The molecule has 2 aromatic carbocycles. The Hall–Kier alpha value is -1.74. The number of ether oxygens (including phenoxy) is 1. The van der Waals surface area contributed by atoms with Crippen molar-refractivity contribution in [3.05, 3.63) is 69.0 Å². The molecule has 1 saturated heterocycles. The minimum atomic E-state index is -4.76. The average Bonchev–Trinajstić information content (AvgIpc) is 3.21. The fourth-order valence-electron chi connectivity index (χ4n) is 4.05. The van der Waals surface area contributed by atoms with Crippen LogP contribution in [0.1, 0.15) is 29.0 Å². The van der Waals surface area contributed by atoms with Crippen molar-refractivity contribution < 1.29 is 27.1 Å². The highest BCUT2D eigenvalue weighted by Gasteiger charge is 2.39. The van der Waals surface area contributed by atoms with Gasteiger partial charge in [0.2, 0.25) is 0 Å². The van der Waals surface area contributed by atoms with E-state index < -0.39 is 23.7 Å². The monoisotopic (exact) mass is 540 g/mol. The molecule has 0 bridgehead atoms. The van der Waals surface area contributed by atoms with Crippen molar-refractivity contribution in [1.29, 1.82) is 0 Å². The van der Waals surface area contributed by atoms with Crippen LogP contribution in [-0.4, -0.2) is 54.6 Å². The summed E-state index contributed by atoms with van der Waals surface area (Å²) in [7, 11) is 1.77. The van der Waals surface area contributed by atoms with Crippen molar-refractivity contribution >= 4 is 40.9 Å². The largest absolute Gasteiger partial charge is 0.449 e. The second-order valence-corrected chi connectivity index (χ2v) is 9.33. The number of rotatable bonds is 7. The van der Waals surface area contributed by atoms with Crippen molar-refractivity contribution in [2.45, 2.75) is 31.1 Å². The number of benzene rings is 2. The molecule has 0 radical (unpaired) electrons. The Morgan fingerprint density at radius 1 is 1.15 bits per heavy atom. The number of likely N-dealkylation sites (tertiary alicyclic amines) is 1. The third kappa shape index (κ3) is 6.47. The molecule has 1 aliphatic heterocycles. The van der Waals surface area contributed by atoms with Crippen LogP contribution in [-0.2, 0) is 17.5 Å². The van der Waals surface area contributed by atoms with Gasteiger partial charge in [-0.05, 0) is 48.9 Å². The van der Waals surface area contributed by atoms with Gasteiger partial charge in [0.25, 0.3) is 0 Å².